The number of benzene rings is 1. The Hall–Kier alpha value is -1.50. The molecule has 102 valence electrons. The molecule has 19 heavy (non-hydrogen) atoms. The van der Waals surface area contributed by atoms with Gasteiger partial charge in [-0.1, -0.05) is 63.6 Å². The zero-order chi connectivity index (χ0) is 13.9. The predicted octanol–water partition coefficient (Wildman–Crippen LogP) is 5.06. The molecule has 0 bridgehead atoms. The Bertz CT molecular complexity index is 471. The second kappa shape index (κ2) is 5.64. The molecule has 0 fully saturated rings. The first-order valence-electron chi connectivity index (χ1n) is 7.23. The first-order chi connectivity index (χ1) is 8.99. The van der Waals surface area contributed by atoms with Crippen molar-refractivity contribution in [2.24, 2.45) is 0 Å². The van der Waals surface area contributed by atoms with Crippen molar-refractivity contribution in [3.63, 3.8) is 0 Å². The molecule has 0 radical (unpaired) electrons. The highest BCUT2D eigenvalue weighted by Gasteiger charge is 2.13. The van der Waals surface area contributed by atoms with E-state index in [2.05, 4.69) is 75.5 Å². The van der Waals surface area contributed by atoms with Crippen LogP contribution in [0.4, 0.5) is 5.69 Å². The minimum Gasteiger partial charge on any atom is -0.379 e. The molecule has 0 heterocycles. The van der Waals surface area contributed by atoms with E-state index in [1.165, 1.54) is 16.8 Å². The van der Waals surface area contributed by atoms with E-state index in [0.717, 1.165) is 12.8 Å². The second-order valence-electron chi connectivity index (χ2n) is 6.31. The number of hydrogen-bond acceptors (Lipinski definition) is 1. The summed E-state index contributed by atoms with van der Waals surface area (Å²) in [4.78, 5) is 0. The number of rotatable bonds is 3. The highest BCUT2D eigenvalue weighted by atomic mass is 14.9. The number of anilines is 1. The zero-order valence-corrected chi connectivity index (χ0v) is 12.5. The molecular weight excluding hydrogens is 230 g/mol. The maximum atomic E-state index is 3.60. The summed E-state index contributed by atoms with van der Waals surface area (Å²) < 4.78 is 0. The number of allylic oxidation sites excluding steroid dienone is 2. The van der Waals surface area contributed by atoms with Gasteiger partial charge in [-0.25, -0.2) is 0 Å². The highest BCUT2D eigenvalue weighted by molar-refractivity contribution is 5.48. The lowest BCUT2D eigenvalue weighted by Gasteiger charge is -2.22. The Kier molecular flexibility index (Phi) is 4.14. The molecule has 1 atom stereocenters. The van der Waals surface area contributed by atoms with Crippen LogP contribution in [0.25, 0.3) is 0 Å². The Morgan fingerprint density at radius 2 is 1.84 bits per heavy atom. The van der Waals surface area contributed by atoms with Crippen LogP contribution < -0.4 is 5.32 Å². The molecule has 0 amide bonds. The Balaban J connectivity index is 2.04. The normalized spacial score (nSPS) is 19.2. The van der Waals surface area contributed by atoms with Crippen molar-refractivity contribution in [3.8, 4) is 0 Å². The molecule has 0 aliphatic heterocycles. The lowest BCUT2D eigenvalue weighted by Crippen LogP contribution is -2.18. The molecule has 1 nitrogen and oxygen atoms in total. The summed E-state index contributed by atoms with van der Waals surface area (Å²) in [5.74, 6) is 0. The zero-order valence-electron chi connectivity index (χ0n) is 12.5. The van der Waals surface area contributed by atoms with Crippen LogP contribution in [-0.2, 0) is 5.41 Å². The van der Waals surface area contributed by atoms with Crippen LogP contribution in [0.15, 0.2) is 48.1 Å². The summed E-state index contributed by atoms with van der Waals surface area (Å²) in [6.07, 6.45) is 9.03. The molecule has 1 aromatic rings. The van der Waals surface area contributed by atoms with Crippen LogP contribution >= 0.6 is 0 Å². The van der Waals surface area contributed by atoms with E-state index in [4.69, 9.17) is 0 Å². The topological polar surface area (TPSA) is 12.0 Å². The summed E-state index contributed by atoms with van der Waals surface area (Å²) in [6, 6.07) is 9.27. The van der Waals surface area contributed by atoms with E-state index in [1.807, 2.05) is 0 Å². The van der Waals surface area contributed by atoms with Gasteiger partial charge in [-0.05, 0) is 36.0 Å². The Labute approximate surface area is 117 Å². The van der Waals surface area contributed by atoms with Crippen LogP contribution in [0.1, 0.15) is 46.1 Å². The van der Waals surface area contributed by atoms with Gasteiger partial charge in [0.2, 0.25) is 0 Å². The lowest BCUT2D eigenvalue weighted by molar-refractivity contribution is 0.590. The fourth-order valence-electron chi connectivity index (χ4n) is 2.36. The van der Waals surface area contributed by atoms with Gasteiger partial charge < -0.3 is 5.32 Å². The van der Waals surface area contributed by atoms with Crippen LogP contribution in [0.2, 0.25) is 0 Å². The minimum absolute atomic E-state index is 0.224. The van der Waals surface area contributed by atoms with E-state index in [1.54, 1.807) is 0 Å². The summed E-state index contributed by atoms with van der Waals surface area (Å²) >= 11 is 0. The third kappa shape index (κ3) is 3.73. The lowest BCUT2D eigenvalue weighted by atomic mass is 9.87. The average molecular weight is 255 g/mol. The molecule has 0 saturated heterocycles. The van der Waals surface area contributed by atoms with Crippen LogP contribution in [-0.4, -0.2) is 6.04 Å². The molecule has 1 aliphatic carbocycles. The van der Waals surface area contributed by atoms with E-state index in [0.29, 0.717) is 6.04 Å². The quantitative estimate of drug-likeness (QED) is 0.796. The first kappa shape index (κ1) is 13.9. The molecule has 0 spiro atoms. The standard InChI is InChI=1S/C18H25N/c1-5-14-7-6-8-17(13-14)19-16-11-9-15(10-12-16)18(2,3)4/h6-7,9-13,17,19H,5,8H2,1-4H3. The van der Waals surface area contributed by atoms with E-state index < -0.39 is 0 Å². The average Bonchev–Trinajstić information content (AvgIpc) is 2.38. The smallest absolute Gasteiger partial charge is 0.0484 e. The van der Waals surface area contributed by atoms with Crippen LogP contribution in [0.3, 0.4) is 0 Å². The van der Waals surface area contributed by atoms with Crippen molar-refractivity contribution < 1.29 is 0 Å². The van der Waals surface area contributed by atoms with Crippen molar-refractivity contribution in [1.82, 2.24) is 0 Å². The monoisotopic (exact) mass is 255 g/mol. The maximum Gasteiger partial charge on any atom is 0.0484 e. The molecular formula is C18H25N. The molecule has 1 aliphatic rings. The van der Waals surface area contributed by atoms with Crippen molar-refractivity contribution in [1.29, 1.82) is 0 Å². The van der Waals surface area contributed by atoms with Gasteiger partial charge in [0.05, 0.1) is 0 Å². The predicted molar refractivity (Wildman–Crippen MR) is 84.7 cm³/mol. The van der Waals surface area contributed by atoms with Crippen LogP contribution in [0, 0.1) is 0 Å². The molecule has 2 rings (SSSR count). The third-order valence-corrected chi connectivity index (χ3v) is 3.65. The van der Waals surface area contributed by atoms with Crippen molar-refractivity contribution in [2.75, 3.05) is 5.32 Å². The third-order valence-electron chi connectivity index (χ3n) is 3.65. The molecule has 1 heteroatoms. The van der Waals surface area contributed by atoms with Crippen molar-refractivity contribution >= 4 is 5.69 Å². The largest absolute Gasteiger partial charge is 0.379 e. The van der Waals surface area contributed by atoms with Gasteiger partial charge in [0.25, 0.3) is 0 Å². The van der Waals surface area contributed by atoms with Gasteiger partial charge in [-0.15, -0.1) is 0 Å². The Morgan fingerprint density at radius 3 is 2.42 bits per heavy atom. The molecule has 1 N–H and O–H groups in total. The second-order valence-corrected chi connectivity index (χ2v) is 6.31. The molecule has 1 unspecified atom stereocenters. The molecule has 0 saturated carbocycles. The molecule has 1 aromatic carbocycles. The highest BCUT2D eigenvalue weighted by Crippen LogP contribution is 2.24. The van der Waals surface area contributed by atoms with Gasteiger partial charge in [-0.2, -0.15) is 0 Å². The fourth-order valence-corrected chi connectivity index (χ4v) is 2.36. The summed E-state index contributed by atoms with van der Waals surface area (Å²) in [6.45, 7) is 8.95. The van der Waals surface area contributed by atoms with E-state index in [-0.39, 0.29) is 5.41 Å². The Morgan fingerprint density at radius 1 is 1.16 bits per heavy atom. The van der Waals surface area contributed by atoms with Crippen LogP contribution in [0.5, 0.6) is 0 Å². The minimum atomic E-state index is 0.224. The van der Waals surface area contributed by atoms with E-state index >= 15 is 0 Å². The fraction of sp³-hybridized carbons (Fsp3) is 0.444. The summed E-state index contributed by atoms with van der Waals surface area (Å²) in [5, 5.41) is 3.60. The summed E-state index contributed by atoms with van der Waals surface area (Å²) in [5.41, 5.74) is 4.24. The first-order valence-corrected chi connectivity index (χ1v) is 7.23. The van der Waals surface area contributed by atoms with Gasteiger partial charge in [0.15, 0.2) is 0 Å². The van der Waals surface area contributed by atoms with Gasteiger partial charge in [0.1, 0.15) is 0 Å². The maximum absolute atomic E-state index is 3.60. The summed E-state index contributed by atoms with van der Waals surface area (Å²) in [7, 11) is 0. The van der Waals surface area contributed by atoms with Crippen molar-refractivity contribution in [3.05, 3.63) is 53.6 Å². The van der Waals surface area contributed by atoms with E-state index in [9.17, 15) is 0 Å². The van der Waals surface area contributed by atoms with Crippen molar-refractivity contribution in [2.45, 2.75) is 52.0 Å². The molecule has 0 aromatic heterocycles. The number of nitrogens with one attached hydrogen (secondary N) is 1. The van der Waals surface area contributed by atoms with Gasteiger partial charge >= 0.3 is 0 Å². The number of hydrogen-bond donors (Lipinski definition) is 1. The van der Waals surface area contributed by atoms with Gasteiger partial charge in [-0.3, -0.25) is 0 Å². The SMILES string of the molecule is CCC1=CC(Nc2ccc(C(C)(C)C)cc2)CC=C1. The van der Waals surface area contributed by atoms with Gasteiger partial charge in [0, 0.05) is 11.7 Å².